The molecule has 0 spiro atoms. The van der Waals surface area contributed by atoms with Gasteiger partial charge in [-0.05, 0) is 24.6 Å². The Labute approximate surface area is 127 Å². The third-order valence-electron chi connectivity index (χ3n) is 2.83. The predicted molar refractivity (Wildman–Crippen MR) is 80.4 cm³/mol. The normalized spacial score (nSPS) is 10.8. The fourth-order valence-electron chi connectivity index (χ4n) is 1.81. The average Bonchev–Trinajstić information content (AvgIpc) is 2.91. The van der Waals surface area contributed by atoms with Gasteiger partial charge in [0, 0.05) is 0 Å². The highest BCUT2D eigenvalue weighted by Crippen LogP contribution is 2.19. The van der Waals surface area contributed by atoms with E-state index in [1.165, 1.54) is 11.1 Å². The van der Waals surface area contributed by atoms with Gasteiger partial charge in [-0.15, -0.1) is 5.10 Å². The lowest BCUT2D eigenvalue weighted by atomic mass is 10.2. The van der Waals surface area contributed by atoms with Crippen LogP contribution < -0.4 is 10.5 Å². The van der Waals surface area contributed by atoms with Crippen molar-refractivity contribution in [3.63, 3.8) is 0 Å². The summed E-state index contributed by atoms with van der Waals surface area (Å²) in [6.45, 7) is 2.66. The van der Waals surface area contributed by atoms with E-state index in [1.54, 1.807) is 7.11 Å². The maximum atomic E-state index is 11.4. The van der Waals surface area contributed by atoms with Crippen LogP contribution in [0.1, 0.15) is 23.0 Å². The number of nitrogens with zero attached hydrogens (tertiary/aromatic N) is 4. The van der Waals surface area contributed by atoms with Crippen LogP contribution in [0.25, 0.3) is 0 Å². The lowest BCUT2D eigenvalue weighted by molar-refractivity contribution is 0.0996. The van der Waals surface area contributed by atoms with Gasteiger partial charge in [0.1, 0.15) is 5.75 Å². The van der Waals surface area contributed by atoms with E-state index in [0.29, 0.717) is 13.2 Å². The largest absolute Gasteiger partial charge is 0.497 e. The van der Waals surface area contributed by atoms with Crippen molar-refractivity contribution in [1.82, 2.24) is 15.0 Å². The molecular formula is C14H17N5O3. The highest BCUT2D eigenvalue weighted by Gasteiger charge is 2.17. The van der Waals surface area contributed by atoms with Crippen LogP contribution in [0.5, 0.6) is 5.75 Å². The van der Waals surface area contributed by atoms with Crippen molar-refractivity contribution >= 4 is 18.1 Å². The van der Waals surface area contributed by atoms with E-state index in [-0.39, 0.29) is 11.5 Å². The molecule has 1 heterocycles. The number of carbonyl (C=O) groups is 1. The fourth-order valence-corrected chi connectivity index (χ4v) is 1.81. The summed E-state index contributed by atoms with van der Waals surface area (Å²) in [5, 5.41) is 7.69. The molecule has 1 aromatic carbocycles. The minimum absolute atomic E-state index is 0.00107. The Morgan fingerprint density at radius 1 is 1.50 bits per heavy atom. The van der Waals surface area contributed by atoms with E-state index >= 15 is 0 Å². The van der Waals surface area contributed by atoms with Gasteiger partial charge in [-0.2, -0.15) is 4.99 Å². The standard InChI is InChI=1S/C14H17N5O3/c1-3-22-9-16-14-12(13(15)20)17-18-19(14)8-10-5-4-6-11(7-10)21-2/h4-7,9H,3,8H2,1-2H3,(H2,15,20)/b16-9+. The van der Waals surface area contributed by atoms with Gasteiger partial charge in [-0.3, -0.25) is 4.79 Å². The van der Waals surface area contributed by atoms with E-state index in [2.05, 4.69) is 15.3 Å². The molecular weight excluding hydrogens is 286 g/mol. The van der Waals surface area contributed by atoms with Gasteiger partial charge in [0.15, 0.2) is 17.9 Å². The lowest BCUT2D eigenvalue weighted by Crippen LogP contribution is -2.12. The molecule has 0 fully saturated rings. The number of aliphatic imine (C=N–C) groups is 1. The molecule has 0 aliphatic rings. The van der Waals surface area contributed by atoms with E-state index < -0.39 is 5.91 Å². The fraction of sp³-hybridized carbons (Fsp3) is 0.286. The number of methoxy groups -OCH3 is 1. The first-order valence-corrected chi connectivity index (χ1v) is 6.66. The van der Waals surface area contributed by atoms with E-state index in [1.807, 2.05) is 31.2 Å². The first kappa shape index (κ1) is 15.5. The Morgan fingerprint density at radius 2 is 2.32 bits per heavy atom. The monoisotopic (exact) mass is 303 g/mol. The van der Waals surface area contributed by atoms with Crippen LogP contribution in [-0.4, -0.2) is 41.0 Å². The number of nitrogens with two attached hydrogens (primary N) is 1. The lowest BCUT2D eigenvalue weighted by Gasteiger charge is -2.06. The third-order valence-corrected chi connectivity index (χ3v) is 2.83. The second-order valence-electron chi connectivity index (χ2n) is 4.32. The molecule has 1 aromatic heterocycles. The second-order valence-corrected chi connectivity index (χ2v) is 4.32. The molecule has 0 aliphatic carbocycles. The summed E-state index contributed by atoms with van der Waals surface area (Å²) in [7, 11) is 1.59. The molecule has 116 valence electrons. The number of carbonyl (C=O) groups excluding carboxylic acids is 1. The molecule has 8 nitrogen and oxygen atoms in total. The zero-order valence-corrected chi connectivity index (χ0v) is 12.4. The van der Waals surface area contributed by atoms with Crippen LogP contribution in [0.15, 0.2) is 29.3 Å². The van der Waals surface area contributed by atoms with Gasteiger partial charge in [0.25, 0.3) is 5.91 Å². The van der Waals surface area contributed by atoms with Crippen molar-refractivity contribution in [2.24, 2.45) is 10.7 Å². The minimum Gasteiger partial charge on any atom is -0.497 e. The molecule has 0 atom stereocenters. The molecule has 0 saturated heterocycles. The van der Waals surface area contributed by atoms with Gasteiger partial charge >= 0.3 is 0 Å². The number of rotatable bonds is 7. The molecule has 0 unspecified atom stereocenters. The van der Waals surface area contributed by atoms with Crippen LogP contribution in [0.2, 0.25) is 0 Å². The zero-order chi connectivity index (χ0) is 15.9. The van der Waals surface area contributed by atoms with Crippen molar-refractivity contribution in [1.29, 1.82) is 0 Å². The number of benzene rings is 1. The summed E-state index contributed by atoms with van der Waals surface area (Å²) in [6.07, 6.45) is 1.24. The van der Waals surface area contributed by atoms with Crippen LogP contribution in [-0.2, 0) is 11.3 Å². The summed E-state index contributed by atoms with van der Waals surface area (Å²) in [5.74, 6) is 0.288. The average molecular weight is 303 g/mol. The molecule has 0 radical (unpaired) electrons. The highest BCUT2D eigenvalue weighted by atomic mass is 16.5. The van der Waals surface area contributed by atoms with Crippen LogP contribution in [0.3, 0.4) is 0 Å². The summed E-state index contributed by atoms with van der Waals surface area (Å²) < 4.78 is 11.7. The number of primary amides is 1. The molecule has 2 aromatic rings. The Balaban J connectivity index is 2.31. The Hall–Kier alpha value is -2.90. The molecule has 0 saturated carbocycles. The summed E-state index contributed by atoms with van der Waals surface area (Å²) in [5.41, 5.74) is 6.20. The summed E-state index contributed by atoms with van der Waals surface area (Å²) in [6, 6.07) is 7.48. The second kappa shape index (κ2) is 7.21. The smallest absolute Gasteiger partial charge is 0.273 e. The molecule has 2 rings (SSSR count). The minimum atomic E-state index is -0.694. The van der Waals surface area contributed by atoms with Crippen LogP contribution >= 0.6 is 0 Å². The first-order valence-electron chi connectivity index (χ1n) is 6.66. The van der Waals surface area contributed by atoms with E-state index in [9.17, 15) is 4.79 Å². The molecule has 0 aliphatic heterocycles. The quantitative estimate of drug-likeness (QED) is 0.610. The highest BCUT2D eigenvalue weighted by molar-refractivity contribution is 5.95. The number of amides is 1. The Morgan fingerprint density at radius 3 is 3.00 bits per heavy atom. The van der Waals surface area contributed by atoms with E-state index in [4.69, 9.17) is 15.2 Å². The predicted octanol–water partition coefficient (Wildman–Crippen LogP) is 1.13. The zero-order valence-electron chi connectivity index (χ0n) is 12.4. The molecule has 0 bridgehead atoms. The topological polar surface area (TPSA) is 105 Å². The molecule has 22 heavy (non-hydrogen) atoms. The molecule has 2 N–H and O–H groups in total. The number of hydrogen-bond donors (Lipinski definition) is 1. The number of ether oxygens (including phenoxy) is 2. The summed E-state index contributed by atoms with van der Waals surface area (Å²) in [4.78, 5) is 15.5. The molecule has 8 heteroatoms. The van der Waals surface area contributed by atoms with Crippen molar-refractivity contribution in [3.05, 3.63) is 35.5 Å². The Bertz CT molecular complexity index is 681. The first-order chi connectivity index (χ1) is 10.7. The number of hydrogen-bond acceptors (Lipinski definition) is 6. The van der Waals surface area contributed by atoms with Crippen molar-refractivity contribution in [2.45, 2.75) is 13.5 Å². The van der Waals surface area contributed by atoms with Gasteiger partial charge in [-0.25, -0.2) is 4.68 Å². The van der Waals surface area contributed by atoms with Crippen molar-refractivity contribution < 1.29 is 14.3 Å². The van der Waals surface area contributed by atoms with Crippen molar-refractivity contribution in [3.8, 4) is 5.75 Å². The maximum absolute atomic E-state index is 11.4. The third kappa shape index (κ3) is 3.60. The van der Waals surface area contributed by atoms with Gasteiger partial charge in [-0.1, -0.05) is 17.3 Å². The molecule has 1 amide bonds. The van der Waals surface area contributed by atoms with Gasteiger partial charge < -0.3 is 15.2 Å². The van der Waals surface area contributed by atoms with Crippen LogP contribution in [0, 0.1) is 0 Å². The van der Waals surface area contributed by atoms with Gasteiger partial charge in [0.05, 0.1) is 20.3 Å². The SMILES string of the molecule is CCO/C=N/c1c(C(N)=O)nnn1Cc1cccc(OC)c1. The maximum Gasteiger partial charge on any atom is 0.273 e. The summed E-state index contributed by atoms with van der Waals surface area (Å²) >= 11 is 0. The van der Waals surface area contributed by atoms with Crippen LogP contribution in [0.4, 0.5) is 5.82 Å². The van der Waals surface area contributed by atoms with E-state index in [0.717, 1.165) is 11.3 Å². The number of aromatic nitrogens is 3. The van der Waals surface area contributed by atoms with Gasteiger partial charge in [0.2, 0.25) is 0 Å². The Kier molecular flexibility index (Phi) is 5.07. The van der Waals surface area contributed by atoms with Crippen molar-refractivity contribution in [2.75, 3.05) is 13.7 Å².